The maximum absolute atomic E-state index is 12.3. The van der Waals surface area contributed by atoms with E-state index in [0.29, 0.717) is 44.2 Å². The molecule has 1 amide bonds. The van der Waals surface area contributed by atoms with Gasteiger partial charge in [0.15, 0.2) is 12.1 Å². The molecule has 0 bridgehead atoms. The number of hydrogen-bond donors (Lipinski definition) is 0. The van der Waals surface area contributed by atoms with Crippen LogP contribution in [0.5, 0.6) is 0 Å². The Hall–Kier alpha value is -1.40. The van der Waals surface area contributed by atoms with Crippen LogP contribution in [0.2, 0.25) is 0 Å². The Morgan fingerprint density at radius 3 is 3.16 bits per heavy atom. The van der Waals surface area contributed by atoms with Gasteiger partial charge in [0.25, 0.3) is 5.91 Å². The summed E-state index contributed by atoms with van der Waals surface area (Å²) >= 11 is 0. The fourth-order valence-corrected chi connectivity index (χ4v) is 2.19. The average Bonchev–Trinajstić information content (AvgIpc) is 3.07. The van der Waals surface area contributed by atoms with Gasteiger partial charge in [-0.25, -0.2) is 4.98 Å². The summed E-state index contributed by atoms with van der Waals surface area (Å²) in [4.78, 5) is 18.1. The maximum Gasteiger partial charge on any atom is 0.276 e. The SMILES string of the molecule is CCc1ocnc1C(=O)N1CCC(OCCOC)C1. The number of likely N-dealkylation sites (tertiary alicyclic amines) is 1. The quantitative estimate of drug-likeness (QED) is 0.723. The molecule has 0 radical (unpaired) electrons. The lowest BCUT2D eigenvalue weighted by atomic mass is 10.2. The number of rotatable bonds is 6. The van der Waals surface area contributed by atoms with Crippen LogP contribution in [0, 0.1) is 0 Å². The normalized spacial score (nSPS) is 19.1. The number of aromatic nitrogens is 1. The number of carbonyl (C=O) groups excluding carboxylic acids is 1. The van der Waals surface area contributed by atoms with E-state index < -0.39 is 0 Å². The first-order chi connectivity index (χ1) is 9.26. The lowest BCUT2D eigenvalue weighted by Gasteiger charge is -2.15. The Morgan fingerprint density at radius 2 is 2.42 bits per heavy atom. The minimum Gasteiger partial charge on any atom is -0.448 e. The van der Waals surface area contributed by atoms with Crippen LogP contribution in [-0.2, 0) is 15.9 Å². The maximum atomic E-state index is 12.3. The Bertz CT molecular complexity index is 419. The van der Waals surface area contributed by atoms with Gasteiger partial charge in [-0.3, -0.25) is 4.79 Å². The number of nitrogens with zero attached hydrogens (tertiary/aromatic N) is 2. The van der Waals surface area contributed by atoms with Gasteiger partial charge in [-0.2, -0.15) is 0 Å². The first-order valence-electron chi connectivity index (χ1n) is 6.58. The number of methoxy groups -OCH3 is 1. The van der Waals surface area contributed by atoms with Gasteiger partial charge < -0.3 is 18.8 Å². The highest BCUT2D eigenvalue weighted by Gasteiger charge is 2.30. The predicted molar refractivity (Wildman–Crippen MR) is 68.0 cm³/mol. The Labute approximate surface area is 112 Å². The van der Waals surface area contributed by atoms with Crippen molar-refractivity contribution in [2.45, 2.75) is 25.9 Å². The van der Waals surface area contributed by atoms with Crippen LogP contribution in [0.3, 0.4) is 0 Å². The molecule has 1 atom stereocenters. The number of carbonyl (C=O) groups is 1. The zero-order chi connectivity index (χ0) is 13.7. The third kappa shape index (κ3) is 3.33. The van der Waals surface area contributed by atoms with Gasteiger partial charge in [-0.15, -0.1) is 0 Å². The molecule has 6 nitrogen and oxygen atoms in total. The fraction of sp³-hybridized carbons (Fsp3) is 0.692. The molecule has 2 rings (SSSR count). The molecule has 6 heteroatoms. The van der Waals surface area contributed by atoms with Crippen LogP contribution in [0.1, 0.15) is 29.6 Å². The molecule has 2 heterocycles. The standard InChI is InChI=1S/C13H20N2O4/c1-3-11-12(14-9-19-11)13(16)15-5-4-10(8-15)18-7-6-17-2/h9-10H,3-8H2,1-2H3. The summed E-state index contributed by atoms with van der Waals surface area (Å²) in [7, 11) is 1.64. The van der Waals surface area contributed by atoms with Crippen LogP contribution >= 0.6 is 0 Å². The van der Waals surface area contributed by atoms with Crippen molar-refractivity contribution in [2.24, 2.45) is 0 Å². The number of oxazole rings is 1. The van der Waals surface area contributed by atoms with Gasteiger partial charge in [0, 0.05) is 26.6 Å². The van der Waals surface area contributed by atoms with Gasteiger partial charge in [-0.1, -0.05) is 6.92 Å². The molecule has 19 heavy (non-hydrogen) atoms. The Morgan fingerprint density at radius 1 is 1.58 bits per heavy atom. The monoisotopic (exact) mass is 268 g/mol. The van der Waals surface area contributed by atoms with Crippen molar-refractivity contribution in [1.29, 1.82) is 0 Å². The molecular formula is C13H20N2O4. The van der Waals surface area contributed by atoms with E-state index in [9.17, 15) is 4.79 Å². The molecule has 1 aromatic heterocycles. The summed E-state index contributed by atoms with van der Waals surface area (Å²) in [5.74, 6) is 0.581. The van der Waals surface area contributed by atoms with Crippen molar-refractivity contribution in [2.75, 3.05) is 33.4 Å². The molecule has 0 aliphatic carbocycles. The van der Waals surface area contributed by atoms with Crippen LogP contribution < -0.4 is 0 Å². The highest BCUT2D eigenvalue weighted by molar-refractivity contribution is 5.93. The molecule has 0 saturated carbocycles. The van der Waals surface area contributed by atoms with Crippen molar-refractivity contribution in [3.8, 4) is 0 Å². The number of amides is 1. The van der Waals surface area contributed by atoms with E-state index in [1.165, 1.54) is 6.39 Å². The van der Waals surface area contributed by atoms with E-state index in [-0.39, 0.29) is 12.0 Å². The molecule has 0 N–H and O–H groups in total. The van der Waals surface area contributed by atoms with Gasteiger partial charge in [-0.05, 0) is 6.42 Å². The van der Waals surface area contributed by atoms with Crippen molar-refractivity contribution >= 4 is 5.91 Å². The third-order valence-corrected chi connectivity index (χ3v) is 3.24. The largest absolute Gasteiger partial charge is 0.448 e. The molecule has 0 aromatic carbocycles. The van der Waals surface area contributed by atoms with E-state index in [0.717, 1.165) is 6.42 Å². The Kier molecular flexibility index (Phi) is 4.93. The zero-order valence-corrected chi connectivity index (χ0v) is 11.4. The summed E-state index contributed by atoms with van der Waals surface area (Å²) in [5, 5.41) is 0. The molecule has 1 fully saturated rings. The minimum atomic E-state index is -0.0663. The molecule has 1 unspecified atom stereocenters. The van der Waals surface area contributed by atoms with Crippen molar-refractivity contribution < 1.29 is 18.7 Å². The smallest absolute Gasteiger partial charge is 0.276 e. The van der Waals surface area contributed by atoms with Crippen LogP contribution in [0.4, 0.5) is 0 Å². The van der Waals surface area contributed by atoms with Crippen molar-refractivity contribution in [3.05, 3.63) is 17.8 Å². The second kappa shape index (κ2) is 6.68. The van der Waals surface area contributed by atoms with Gasteiger partial charge in [0.05, 0.1) is 19.3 Å². The van der Waals surface area contributed by atoms with E-state index in [4.69, 9.17) is 13.9 Å². The zero-order valence-electron chi connectivity index (χ0n) is 11.4. The minimum absolute atomic E-state index is 0.0663. The van der Waals surface area contributed by atoms with E-state index in [1.54, 1.807) is 12.0 Å². The highest BCUT2D eigenvalue weighted by Crippen LogP contribution is 2.17. The highest BCUT2D eigenvalue weighted by atomic mass is 16.5. The van der Waals surface area contributed by atoms with Gasteiger partial charge >= 0.3 is 0 Å². The number of ether oxygens (including phenoxy) is 2. The first-order valence-corrected chi connectivity index (χ1v) is 6.58. The fourth-order valence-electron chi connectivity index (χ4n) is 2.19. The topological polar surface area (TPSA) is 64.8 Å². The summed E-state index contributed by atoms with van der Waals surface area (Å²) < 4.78 is 15.8. The van der Waals surface area contributed by atoms with Crippen molar-refractivity contribution in [1.82, 2.24) is 9.88 Å². The molecule has 1 aliphatic rings. The predicted octanol–water partition coefficient (Wildman–Crippen LogP) is 1.11. The molecular weight excluding hydrogens is 248 g/mol. The van der Waals surface area contributed by atoms with Crippen molar-refractivity contribution in [3.63, 3.8) is 0 Å². The van der Waals surface area contributed by atoms with Gasteiger partial charge in [0.1, 0.15) is 5.76 Å². The second-order valence-electron chi connectivity index (χ2n) is 4.50. The van der Waals surface area contributed by atoms with Gasteiger partial charge in [0.2, 0.25) is 0 Å². The summed E-state index contributed by atoms with van der Waals surface area (Å²) in [6, 6.07) is 0. The molecule has 1 saturated heterocycles. The molecule has 0 spiro atoms. The average molecular weight is 268 g/mol. The first kappa shape index (κ1) is 14.0. The van der Waals surface area contributed by atoms with E-state index in [1.807, 2.05) is 6.92 Å². The summed E-state index contributed by atoms with van der Waals surface area (Å²) in [5.41, 5.74) is 0.431. The van der Waals surface area contributed by atoms with Crippen LogP contribution in [-0.4, -0.2) is 55.3 Å². The lowest BCUT2D eigenvalue weighted by molar-refractivity contribution is 0.0218. The van der Waals surface area contributed by atoms with E-state index in [2.05, 4.69) is 4.98 Å². The second-order valence-corrected chi connectivity index (χ2v) is 4.50. The lowest BCUT2D eigenvalue weighted by Crippen LogP contribution is -2.31. The summed E-state index contributed by atoms with van der Waals surface area (Å²) in [6.07, 6.45) is 2.95. The summed E-state index contributed by atoms with van der Waals surface area (Å²) in [6.45, 7) is 4.39. The Balaban J connectivity index is 1.88. The molecule has 1 aromatic rings. The molecule has 1 aliphatic heterocycles. The van der Waals surface area contributed by atoms with Crippen LogP contribution in [0.25, 0.3) is 0 Å². The third-order valence-electron chi connectivity index (χ3n) is 3.24. The van der Waals surface area contributed by atoms with E-state index >= 15 is 0 Å². The van der Waals surface area contributed by atoms with Crippen LogP contribution in [0.15, 0.2) is 10.8 Å². The number of aryl methyl sites for hydroxylation is 1. The molecule has 106 valence electrons. The number of hydrogen-bond acceptors (Lipinski definition) is 5.